The zero-order valence-electron chi connectivity index (χ0n) is 12.8. The SMILES string of the molecule is CC(CN)NC1C(NC(=O)OC(C)(C)C)C2CCOC21. The molecular weight excluding hydrogens is 258 g/mol. The largest absolute Gasteiger partial charge is 0.444 e. The molecule has 2 rings (SSSR count). The zero-order chi connectivity index (χ0) is 14.9. The van der Waals surface area contributed by atoms with Crippen molar-refractivity contribution in [2.45, 2.75) is 63.9 Å². The Hall–Kier alpha value is -0.850. The third-order valence-corrected chi connectivity index (χ3v) is 3.90. The number of rotatable bonds is 4. The average molecular weight is 285 g/mol. The molecule has 1 aliphatic carbocycles. The highest BCUT2D eigenvalue weighted by atomic mass is 16.6. The van der Waals surface area contributed by atoms with Crippen LogP contribution in [0.1, 0.15) is 34.1 Å². The van der Waals surface area contributed by atoms with Crippen LogP contribution in [0.2, 0.25) is 0 Å². The molecule has 116 valence electrons. The van der Waals surface area contributed by atoms with E-state index in [4.69, 9.17) is 15.2 Å². The number of nitrogens with two attached hydrogens (primary N) is 1. The third kappa shape index (κ3) is 3.42. The summed E-state index contributed by atoms with van der Waals surface area (Å²) in [6.07, 6.45) is 0.810. The van der Waals surface area contributed by atoms with Crippen LogP contribution in [0.4, 0.5) is 4.79 Å². The van der Waals surface area contributed by atoms with Gasteiger partial charge in [-0.2, -0.15) is 0 Å². The second-order valence-electron chi connectivity index (χ2n) is 6.79. The van der Waals surface area contributed by atoms with Crippen LogP contribution in [0, 0.1) is 5.92 Å². The topological polar surface area (TPSA) is 85.6 Å². The Morgan fingerprint density at radius 1 is 1.45 bits per heavy atom. The quantitative estimate of drug-likeness (QED) is 0.704. The lowest BCUT2D eigenvalue weighted by Gasteiger charge is -2.49. The molecule has 0 bridgehead atoms. The second-order valence-corrected chi connectivity index (χ2v) is 6.79. The van der Waals surface area contributed by atoms with E-state index in [9.17, 15) is 4.79 Å². The van der Waals surface area contributed by atoms with Crippen molar-refractivity contribution in [3.8, 4) is 0 Å². The van der Waals surface area contributed by atoms with Crippen LogP contribution in [0.25, 0.3) is 0 Å². The Morgan fingerprint density at radius 3 is 2.75 bits per heavy atom. The molecule has 6 nitrogen and oxygen atoms in total. The minimum absolute atomic E-state index is 0.0614. The lowest BCUT2D eigenvalue weighted by Crippen LogP contribution is -2.71. The summed E-state index contributed by atoms with van der Waals surface area (Å²) in [5, 5.41) is 6.41. The number of nitrogens with one attached hydrogen (secondary N) is 2. The van der Waals surface area contributed by atoms with E-state index in [0.717, 1.165) is 13.0 Å². The number of amides is 1. The summed E-state index contributed by atoms with van der Waals surface area (Å²) in [6.45, 7) is 8.94. The minimum Gasteiger partial charge on any atom is -0.444 e. The van der Waals surface area contributed by atoms with Gasteiger partial charge in [-0.05, 0) is 34.1 Å². The smallest absolute Gasteiger partial charge is 0.407 e. The molecule has 1 aliphatic heterocycles. The lowest BCUT2D eigenvalue weighted by atomic mass is 9.71. The van der Waals surface area contributed by atoms with Crippen LogP contribution < -0.4 is 16.4 Å². The molecule has 5 atom stereocenters. The summed E-state index contributed by atoms with van der Waals surface area (Å²) in [5.74, 6) is 0.380. The lowest BCUT2D eigenvalue weighted by molar-refractivity contribution is -0.0367. The van der Waals surface area contributed by atoms with E-state index in [2.05, 4.69) is 10.6 Å². The molecule has 4 N–H and O–H groups in total. The third-order valence-electron chi connectivity index (χ3n) is 3.90. The van der Waals surface area contributed by atoms with Gasteiger partial charge in [-0.1, -0.05) is 0 Å². The molecule has 0 aromatic rings. The first-order chi connectivity index (χ1) is 9.31. The molecule has 1 amide bonds. The number of ether oxygens (including phenoxy) is 2. The molecule has 1 heterocycles. The van der Waals surface area contributed by atoms with Crippen molar-refractivity contribution >= 4 is 6.09 Å². The summed E-state index contributed by atoms with van der Waals surface area (Å²) in [5.41, 5.74) is 5.17. The maximum atomic E-state index is 11.9. The Balaban J connectivity index is 1.92. The molecule has 20 heavy (non-hydrogen) atoms. The predicted octanol–water partition coefficient (Wildman–Crippen LogP) is 0.604. The van der Waals surface area contributed by atoms with E-state index in [0.29, 0.717) is 12.5 Å². The number of hydrogen-bond acceptors (Lipinski definition) is 5. The fourth-order valence-electron chi connectivity index (χ4n) is 2.94. The molecular formula is C14H27N3O3. The molecule has 1 saturated heterocycles. The monoisotopic (exact) mass is 285 g/mol. The summed E-state index contributed by atoms with van der Waals surface area (Å²) in [4.78, 5) is 11.9. The van der Waals surface area contributed by atoms with Crippen molar-refractivity contribution in [1.82, 2.24) is 10.6 Å². The van der Waals surface area contributed by atoms with Gasteiger partial charge in [0, 0.05) is 25.1 Å². The van der Waals surface area contributed by atoms with Crippen LogP contribution >= 0.6 is 0 Å². The van der Waals surface area contributed by atoms with Gasteiger partial charge in [0.25, 0.3) is 0 Å². The van der Waals surface area contributed by atoms with Crippen molar-refractivity contribution in [3.63, 3.8) is 0 Å². The average Bonchev–Trinajstić information content (AvgIpc) is 2.75. The molecule has 0 aromatic heterocycles. The Labute approximate surface area is 120 Å². The van der Waals surface area contributed by atoms with Crippen LogP contribution in [0.5, 0.6) is 0 Å². The fourth-order valence-corrected chi connectivity index (χ4v) is 2.94. The summed E-state index contributed by atoms with van der Waals surface area (Å²) >= 11 is 0. The molecule has 2 aliphatic rings. The van der Waals surface area contributed by atoms with Crippen LogP contribution in [0.15, 0.2) is 0 Å². The maximum Gasteiger partial charge on any atom is 0.407 e. The van der Waals surface area contributed by atoms with Gasteiger partial charge in [0.05, 0.1) is 18.2 Å². The summed E-state index contributed by atoms with van der Waals surface area (Å²) in [6, 6.07) is 0.382. The maximum absolute atomic E-state index is 11.9. The highest BCUT2D eigenvalue weighted by Crippen LogP contribution is 2.39. The molecule has 0 aromatic carbocycles. The van der Waals surface area contributed by atoms with Crippen LogP contribution in [-0.2, 0) is 9.47 Å². The van der Waals surface area contributed by atoms with E-state index in [1.165, 1.54) is 0 Å². The van der Waals surface area contributed by atoms with Crippen molar-refractivity contribution in [2.24, 2.45) is 11.7 Å². The Kier molecular flexibility index (Phi) is 4.56. The highest BCUT2D eigenvalue weighted by molar-refractivity contribution is 5.68. The van der Waals surface area contributed by atoms with Gasteiger partial charge in [-0.15, -0.1) is 0 Å². The number of hydrogen-bond donors (Lipinski definition) is 3. The van der Waals surface area contributed by atoms with Crippen molar-refractivity contribution in [2.75, 3.05) is 13.2 Å². The van der Waals surface area contributed by atoms with E-state index >= 15 is 0 Å². The normalized spacial score (nSPS) is 34.0. The Morgan fingerprint density at radius 2 is 2.15 bits per heavy atom. The van der Waals surface area contributed by atoms with Gasteiger partial charge in [-0.3, -0.25) is 0 Å². The first-order valence-corrected chi connectivity index (χ1v) is 7.39. The van der Waals surface area contributed by atoms with E-state index in [1.807, 2.05) is 27.7 Å². The molecule has 1 saturated carbocycles. The van der Waals surface area contributed by atoms with E-state index < -0.39 is 5.60 Å². The van der Waals surface area contributed by atoms with Gasteiger partial charge >= 0.3 is 6.09 Å². The number of carbonyl (C=O) groups is 1. The van der Waals surface area contributed by atoms with Crippen molar-refractivity contribution < 1.29 is 14.3 Å². The Bertz CT molecular complexity index is 356. The van der Waals surface area contributed by atoms with Crippen molar-refractivity contribution in [3.05, 3.63) is 0 Å². The van der Waals surface area contributed by atoms with Gasteiger partial charge in [0.1, 0.15) is 5.60 Å². The van der Waals surface area contributed by atoms with Gasteiger partial charge < -0.3 is 25.8 Å². The number of carbonyl (C=O) groups excluding carboxylic acids is 1. The van der Waals surface area contributed by atoms with Gasteiger partial charge in [0.2, 0.25) is 0 Å². The van der Waals surface area contributed by atoms with E-state index in [1.54, 1.807) is 0 Å². The van der Waals surface area contributed by atoms with Crippen LogP contribution in [0.3, 0.4) is 0 Å². The summed E-state index contributed by atoms with van der Waals surface area (Å²) in [7, 11) is 0. The molecule has 6 heteroatoms. The standard InChI is InChI=1S/C14H27N3O3/c1-8(7-15)16-11-10(9-5-6-19-12(9)11)17-13(18)20-14(2,3)4/h8-12,16H,5-7,15H2,1-4H3,(H,17,18). The fraction of sp³-hybridized carbons (Fsp3) is 0.929. The van der Waals surface area contributed by atoms with Crippen LogP contribution in [-0.4, -0.2) is 49.1 Å². The number of fused-ring (bicyclic) bond motifs is 1. The van der Waals surface area contributed by atoms with E-state index in [-0.39, 0.29) is 30.3 Å². The molecule has 0 spiro atoms. The highest BCUT2D eigenvalue weighted by Gasteiger charge is 2.54. The van der Waals surface area contributed by atoms with Crippen molar-refractivity contribution in [1.29, 1.82) is 0 Å². The second kappa shape index (κ2) is 5.87. The zero-order valence-corrected chi connectivity index (χ0v) is 12.8. The summed E-state index contributed by atoms with van der Waals surface area (Å²) < 4.78 is 11.1. The predicted molar refractivity (Wildman–Crippen MR) is 76.4 cm³/mol. The first-order valence-electron chi connectivity index (χ1n) is 7.39. The number of alkyl carbamates (subject to hydrolysis) is 1. The molecule has 0 radical (unpaired) electrons. The minimum atomic E-state index is -0.479. The van der Waals surface area contributed by atoms with Gasteiger partial charge in [0.15, 0.2) is 0 Å². The molecule has 2 fully saturated rings. The molecule has 5 unspecified atom stereocenters. The first kappa shape index (κ1) is 15.5. The van der Waals surface area contributed by atoms with Gasteiger partial charge in [-0.25, -0.2) is 4.79 Å².